The number of benzene rings is 1. The number of hydrogen-bond donors (Lipinski definition) is 3. The van der Waals surface area contributed by atoms with Crippen molar-refractivity contribution in [3.63, 3.8) is 0 Å². The summed E-state index contributed by atoms with van der Waals surface area (Å²) >= 11 is 0. The van der Waals surface area contributed by atoms with E-state index < -0.39 is 0 Å². The highest BCUT2D eigenvalue weighted by Crippen LogP contribution is 2.30. The average molecular weight is 322 g/mol. The molecule has 0 aromatic heterocycles. The molecule has 0 bridgehead atoms. The van der Waals surface area contributed by atoms with Crippen LogP contribution in [0.1, 0.15) is 20.8 Å². The predicted octanol–water partition coefficient (Wildman–Crippen LogP) is 1.61. The fourth-order valence-corrected chi connectivity index (χ4v) is 1.87. The van der Waals surface area contributed by atoms with Crippen molar-refractivity contribution in [1.29, 1.82) is 0 Å². The summed E-state index contributed by atoms with van der Waals surface area (Å²) in [6.07, 6.45) is 0. The highest BCUT2D eigenvalue weighted by Gasteiger charge is 2.07. The number of carbonyl (C=O) groups is 1. The van der Waals surface area contributed by atoms with Crippen molar-refractivity contribution in [3.05, 3.63) is 18.2 Å². The number of ether oxygens (including phenoxy) is 2. The maximum Gasteiger partial charge on any atom is 0.241 e. The summed E-state index contributed by atoms with van der Waals surface area (Å²) in [6.45, 7) is 7.64. The van der Waals surface area contributed by atoms with Gasteiger partial charge in [0.2, 0.25) is 5.91 Å². The smallest absolute Gasteiger partial charge is 0.241 e. The zero-order chi connectivity index (χ0) is 17.1. The molecule has 3 N–H and O–H groups in total. The molecule has 7 heteroatoms. The predicted molar refractivity (Wildman–Crippen MR) is 92.4 cm³/mol. The number of carbonyl (C=O) groups excluding carboxylic acids is 1. The number of guanidine groups is 1. The number of anilines is 1. The molecule has 1 aromatic rings. The molecule has 0 aliphatic rings. The first-order valence-electron chi connectivity index (χ1n) is 7.77. The van der Waals surface area contributed by atoms with Crippen molar-refractivity contribution in [2.24, 2.45) is 4.99 Å². The fourth-order valence-electron chi connectivity index (χ4n) is 1.87. The summed E-state index contributed by atoms with van der Waals surface area (Å²) in [5.74, 6) is 1.74. The minimum atomic E-state index is -0.116. The Morgan fingerprint density at radius 2 is 1.87 bits per heavy atom. The monoisotopic (exact) mass is 322 g/mol. The van der Waals surface area contributed by atoms with Crippen LogP contribution >= 0.6 is 0 Å². The van der Waals surface area contributed by atoms with E-state index in [0.717, 1.165) is 5.69 Å². The van der Waals surface area contributed by atoms with E-state index in [0.29, 0.717) is 37.2 Å². The molecule has 1 rings (SSSR count). The van der Waals surface area contributed by atoms with Gasteiger partial charge in [0, 0.05) is 24.8 Å². The molecule has 0 unspecified atom stereocenters. The lowest BCUT2D eigenvalue weighted by molar-refractivity contribution is -0.119. The van der Waals surface area contributed by atoms with Crippen molar-refractivity contribution < 1.29 is 14.3 Å². The Morgan fingerprint density at radius 1 is 1.13 bits per heavy atom. The van der Waals surface area contributed by atoms with Gasteiger partial charge in [-0.25, -0.2) is 4.99 Å². The van der Waals surface area contributed by atoms with Crippen molar-refractivity contribution in [1.82, 2.24) is 10.6 Å². The molecule has 0 aliphatic heterocycles. The number of nitrogens with one attached hydrogen (secondary N) is 3. The second-order valence-electron chi connectivity index (χ2n) is 4.57. The summed E-state index contributed by atoms with van der Waals surface area (Å²) in [5, 5.41) is 8.96. The molecule has 128 valence electrons. The first-order chi connectivity index (χ1) is 11.1. The van der Waals surface area contributed by atoms with Crippen LogP contribution in [0, 0.1) is 0 Å². The van der Waals surface area contributed by atoms with Crippen molar-refractivity contribution in [3.8, 4) is 11.5 Å². The van der Waals surface area contributed by atoms with E-state index >= 15 is 0 Å². The molecule has 1 amide bonds. The summed E-state index contributed by atoms with van der Waals surface area (Å²) in [6, 6.07) is 5.52. The van der Waals surface area contributed by atoms with Crippen molar-refractivity contribution >= 4 is 17.6 Å². The van der Waals surface area contributed by atoms with Crippen LogP contribution in [-0.2, 0) is 4.79 Å². The number of likely N-dealkylation sites (N-methyl/N-ethyl adjacent to an activating group) is 1. The van der Waals surface area contributed by atoms with Crippen LogP contribution in [0.4, 0.5) is 5.69 Å². The third-order valence-corrected chi connectivity index (χ3v) is 2.83. The lowest BCUT2D eigenvalue weighted by Crippen LogP contribution is -2.33. The molecule has 0 spiro atoms. The molecule has 0 atom stereocenters. The number of hydrogen-bond acceptors (Lipinski definition) is 4. The summed E-state index contributed by atoms with van der Waals surface area (Å²) in [7, 11) is 1.60. The Morgan fingerprint density at radius 3 is 2.48 bits per heavy atom. The molecule has 0 heterocycles. The van der Waals surface area contributed by atoms with Crippen LogP contribution < -0.4 is 25.4 Å². The Labute approximate surface area is 137 Å². The Hall–Kier alpha value is -2.44. The van der Waals surface area contributed by atoms with Crippen LogP contribution in [0.2, 0.25) is 0 Å². The molecule has 0 radical (unpaired) electrons. The van der Waals surface area contributed by atoms with Gasteiger partial charge in [0.15, 0.2) is 17.5 Å². The van der Waals surface area contributed by atoms with Gasteiger partial charge in [-0.3, -0.25) is 4.79 Å². The molecule has 7 nitrogen and oxygen atoms in total. The van der Waals surface area contributed by atoms with Crippen LogP contribution in [0.15, 0.2) is 23.2 Å². The second-order valence-corrected chi connectivity index (χ2v) is 4.57. The van der Waals surface area contributed by atoms with E-state index in [-0.39, 0.29) is 12.5 Å². The summed E-state index contributed by atoms with van der Waals surface area (Å²) < 4.78 is 10.8. The normalized spacial score (nSPS) is 10.9. The van der Waals surface area contributed by atoms with E-state index in [1.54, 1.807) is 7.11 Å². The van der Waals surface area contributed by atoms with Crippen molar-refractivity contribution in [2.45, 2.75) is 20.8 Å². The van der Waals surface area contributed by atoms with Gasteiger partial charge in [0.05, 0.1) is 13.7 Å². The second kappa shape index (κ2) is 10.3. The lowest BCUT2D eigenvalue weighted by atomic mass is 10.2. The van der Waals surface area contributed by atoms with Gasteiger partial charge in [-0.05, 0) is 32.9 Å². The fraction of sp³-hybridized carbons (Fsp3) is 0.500. The third-order valence-electron chi connectivity index (χ3n) is 2.83. The Balaban J connectivity index is 2.84. The number of amides is 1. The van der Waals surface area contributed by atoms with Crippen molar-refractivity contribution in [2.75, 3.05) is 38.7 Å². The summed E-state index contributed by atoms with van der Waals surface area (Å²) in [4.78, 5) is 15.8. The molecule has 0 fully saturated rings. The Bertz CT molecular complexity index is 532. The van der Waals surface area contributed by atoms with Crippen LogP contribution in [0.5, 0.6) is 11.5 Å². The molecular formula is C16H26N4O3. The van der Waals surface area contributed by atoms with E-state index in [4.69, 9.17) is 9.47 Å². The topological polar surface area (TPSA) is 84.0 Å². The van der Waals surface area contributed by atoms with E-state index in [1.807, 2.05) is 39.0 Å². The molecule has 23 heavy (non-hydrogen) atoms. The van der Waals surface area contributed by atoms with Gasteiger partial charge in [-0.1, -0.05) is 0 Å². The van der Waals surface area contributed by atoms with Crippen LogP contribution in [0.25, 0.3) is 0 Å². The number of aliphatic imine (C=N–C) groups is 1. The van der Waals surface area contributed by atoms with Gasteiger partial charge in [-0.15, -0.1) is 0 Å². The quantitative estimate of drug-likeness (QED) is 0.500. The van der Waals surface area contributed by atoms with Gasteiger partial charge in [0.1, 0.15) is 6.54 Å². The molecular weight excluding hydrogens is 296 g/mol. The van der Waals surface area contributed by atoms with E-state index in [1.165, 1.54) is 0 Å². The SMILES string of the molecule is CCNC(=O)CN=C(NCC)Nc1ccc(OC)c(OCC)c1. The lowest BCUT2D eigenvalue weighted by Gasteiger charge is -2.14. The van der Waals surface area contributed by atoms with Crippen LogP contribution in [0.3, 0.4) is 0 Å². The largest absolute Gasteiger partial charge is 0.493 e. The maximum absolute atomic E-state index is 11.5. The van der Waals surface area contributed by atoms with E-state index in [2.05, 4.69) is 20.9 Å². The third kappa shape index (κ3) is 6.46. The standard InChI is InChI=1S/C16H26N4O3/c1-5-17-15(21)11-19-16(18-6-2)20-12-8-9-13(22-4)14(10-12)23-7-3/h8-10H,5-7,11H2,1-4H3,(H,17,21)(H2,18,19,20). The van der Waals surface area contributed by atoms with Gasteiger partial charge in [0.25, 0.3) is 0 Å². The minimum Gasteiger partial charge on any atom is -0.493 e. The molecule has 0 saturated heterocycles. The number of rotatable bonds is 8. The van der Waals surface area contributed by atoms with E-state index in [9.17, 15) is 4.79 Å². The zero-order valence-electron chi connectivity index (χ0n) is 14.2. The number of methoxy groups -OCH3 is 1. The number of nitrogens with zero attached hydrogens (tertiary/aromatic N) is 1. The molecule has 1 aromatic carbocycles. The zero-order valence-corrected chi connectivity index (χ0v) is 14.2. The summed E-state index contributed by atoms with van der Waals surface area (Å²) in [5.41, 5.74) is 0.796. The first kappa shape index (κ1) is 18.6. The Kier molecular flexibility index (Phi) is 8.34. The average Bonchev–Trinajstić information content (AvgIpc) is 2.54. The highest BCUT2D eigenvalue weighted by atomic mass is 16.5. The molecule has 0 saturated carbocycles. The minimum absolute atomic E-state index is 0.0671. The first-order valence-corrected chi connectivity index (χ1v) is 7.77. The van der Waals surface area contributed by atoms with Gasteiger partial charge >= 0.3 is 0 Å². The van der Waals surface area contributed by atoms with Crippen LogP contribution in [-0.4, -0.2) is 45.2 Å². The highest BCUT2D eigenvalue weighted by molar-refractivity contribution is 5.95. The van der Waals surface area contributed by atoms with Gasteiger partial charge < -0.3 is 25.4 Å². The van der Waals surface area contributed by atoms with Gasteiger partial charge in [-0.2, -0.15) is 0 Å². The maximum atomic E-state index is 11.5. The molecule has 0 aliphatic carbocycles.